The van der Waals surface area contributed by atoms with Gasteiger partial charge in [0.25, 0.3) is 5.91 Å². The van der Waals surface area contributed by atoms with Crippen molar-refractivity contribution in [1.82, 2.24) is 5.32 Å². The molecule has 2 amide bonds. The summed E-state index contributed by atoms with van der Waals surface area (Å²) in [6.07, 6.45) is 0.342. The second-order valence-electron chi connectivity index (χ2n) is 5.84. The van der Waals surface area contributed by atoms with E-state index in [1.54, 1.807) is 24.1 Å². The third kappa shape index (κ3) is 2.46. The van der Waals surface area contributed by atoms with Crippen LogP contribution < -0.4 is 19.7 Å². The summed E-state index contributed by atoms with van der Waals surface area (Å²) in [5.74, 6) is 1.29. The number of rotatable bonds is 3. The number of ether oxygens (including phenoxy) is 2. The van der Waals surface area contributed by atoms with Crippen molar-refractivity contribution in [3.63, 3.8) is 0 Å². The van der Waals surface area contributed by atoms with Crippen molar-refractivity contribution in [1.29, 1.82) is 0 Å². The van der Waals surface area contributed by atoms with Crippen molar-refractivity contribution in [2.45, 2.75) is 13.0 Å². The first kappa shape index (κ1) is 14.6. The Balaban J connectivity index is 1.45. The highest BCUT2D eigenvalue weighted by Crippen LogP contribution is 2.32. The Morgan fingerprint density at radius 3 is 2.88 bits per heavy atom. The molecule has 6 nitrogen and oxygen atoms in total. The molecule has 0 aliphatic carbocycles. The van der Waals surface area contributed by atoms with Crippen LogP contribution in [0, 0.1) is 0 Å². The molecule has 2 aliphatic rings. The zero-order valence-electron chi connectivity index (χ0n) is 13.2. The third-order valence-electron chi connectivity index (χ3n) is 4.31. The number of nitrogens with zero attached hydrogens (tertiary/aromatic N) is 1. The number of nitrogens with one attached hydrogen (secondary N) is 1. The fraction of sp³-hybridized carbons (Fsp3) is 0.222. The summed E-state index contributed by atoms with van der Waals surface area (Å²) in [6.45, 7) is 0.624. The molecule has 0 aromatic heterocycles. The molecule has 4 rings (SSSR count). The van der Waals surface area contributed by atoms with Crippen molar-refractivity contribution >= 4 is 17.5 Å². The predicted molar refractivity (Wildman–Crippen MR) is 87.3 cm³/mol. The Bertz CT molecular complexity index is 847. The van der Waals surface area contributed by atoms with Crippen LogP contribution in [0.3, 0.4) is 0 Å². The molecule has 2 aliphatic heterocycles. The average molecular weight is 324 g/mol. The minimum absolute atomic E-state index is 0.0444. The summed E-state index contributed by atoms with van der Waals surface area (Å²) >= 11 is 0. The third-order valence-corrected chi connectivity index (χ3v) is 4.31. The monoisotopic (exact) mass is 324 g/mol. The molecule has 6 heteroatoms. The zero-order valence-corrected chi connectivity index (χ0v) is 13.2. The molecule has 2 heterocycles. The van der Waals surface area contributed by atoms with Gasteiger partial charge in [0.05, 0.1) is 6.42 Å². The molecule has 0 saturated heterocycles. The molecule has 1 N–H and O–H groups in total. The van der Waals surface area contributed by atoms with Gasteiger partial charge in [-0.1, -0.05) is 6.07 Å². The van der Waals surface area contributed by atoms with Crippen LogP contribution >= 0.6 is 0 Å². The molecule has 0 radical (unpaired) electrons. The van der Waals surface area contributed by atoms with Crippen LogP contribution in [-0.4, -0.2) is 25.7 Å². The minimum Gasteiger partial charge on any atom is -0.454 e. The van der Waals surface area contributed by atoms with E-state index in [-0.39, 0.29) is 18.6 Å². The number of carbonyl (C=O) groups is 2. The zero-order chi connectivity index (χ0) is 16.7. The number of hydrogen-bond donors (Lipinski definition) is 1. The van der Waals surface area contributed by atoms with Crippen LogP contribution in [0.1, 0.15) is 21.5 Å². The van der Waals surface area contributed by atoms with Crippen LogP contribution in [-0.2, 0) is 17.8 Å². The minimum atomic E-state index is -0.169. The van der Waals surface area contributed by atoms with E-state index in [9.17, 15) is 9.59 Å². The Morgan fingerprint density at radius 1 is 1.17 bits per heavy atom. The van der Waals surface area contributed by atoms with Gasteiger partial charge in [0.15, 0.2) is 11.5 Å². The summed E-state index contributed by atoms with van der Waals surface area (Å²) in [6, 6.07) is 10.9. The highest BCUT2D eigenvalue weighted by molar-refractivity contribution is 6.03. The van der Waals surface area contributed by atoms with Gasteiger partial charge in [0.2, 0.25) is 12.7 Å². The first-order valence-electron chi connectivity index (χ1n) is 7.68. The van der Waals surface area contributed by atoms with E-state index in [0.29, 0.717) is 24.3 Å². The molecular weight excluding hydrogens is 308 g/mol. The number of hydrogen-bond acceptors (Lipinski definition) is 4. The van der Waals surface area contributed by atoms with Gasteiger partial charge in [-0.15, -0.1) is 0 Å². The topological polar surface area (TPSA) is 67.9 Å². The van der Waals surface area contributed by atoms with Crippen molar-refractivity contribution in [2.24, 2.45) is 0 Å². The van der Waals surface area contributed by atoms with Crippen LogP contribution in [0.15, 0.2) is 36.4 Å². The van der Waals surface area contributed by atoms with E-state index in [1.165, 1.54) is 0 Å². The van der Waals surface area contributed by atoms with E-state index in [1.807, 2.05) is 24.3 Å². The van der Waals surface area contributed by atoms with Gasteiger partial charge in [0.1, 0.15) is 0 Å². The summed E-state index contributed by atoms with van der Waals surface area (Å²) < 4.78 is 10.6. The number of anilines is 1. The molecular formula is C18H16N2O4. The van der Waals surface area contributed by atoms with Crippen molar-refractivity contribution in [2.75, 3.05) is 18.7 Å². The average Bonchev–Trinajstić information content (AvgIpc) is 3.16. The Hall–Kier alpha value is -3.02. The second kappa shape index (κ2) is 5.56. The normalized spacial score (nSPS) is 14.7. The summed E-state index contributed by atoms with van der Waals surface area (Å²) in [5, 5.41) is 2.89. The molecule has 0 saturated carbocycles. The lowest BCUT2D eigenvalue weighted by atomic mass is 10.1. The molecule has 2 aromatic rings. The largest absolute Gasteiger partial charge is 0.454 e. The Kier molecular flexibility index (Phi) is 3.37. The van der Waals surface area contributed by atoms with Crippen LogP contribution in [0.25, 0.3) is 0 Å². The summed E-state index contributed by atoms with van der Waals surface area (Å²) in [4.78, 5) is 25.7. The van der Waals surface area contributed by atoms with Gasteiger partial charge >= 0.3 is 0 Å². The maximum atomic E-state index is 12.3. The Labute approximate surface area is 139 Å². The van der Waals surface area contributed by atoms with Gasteiger partial charge in [-0.05, 0) is 41.5 Å². The van der Waals surface area contributed by atoms with Crippen LogP contribution in [0.5, 0.6) is 11.5 Å². The van der Waals surface area contributed by atoms with E-state index in [4.69, 9.17) is 9.47 Å². The fourth-order valence-corrected chi connectivity index (χ4v) is 2.95. The number of likely N-dealkylation sites (N-methyl/N-ethyl adjacent to an activating group) is 1. The fourth-order valence-electron chi connectivity index (χ4n) is 2.95. The van der Waals surface area contributed by atoms with Gasteiger partial charge in [-0.25, -0.2) is 0 Å². The molecule has 0 fully saturated rings. The van der Waals surface area contributed by atoms with Crippen molar-refractivity contribution in [3.05, 3.63) is 53.1 Å². The molecule has 24 heavy (non-hydrogen) atoms. The van der Waals surface area contributed by atoms with Crippen LogP contribution in [0.2, 0.25) is 0 Å². The Morgan fingerprint density at radius 2 is 2.00 bits per heavy atom. The lowest BCUT2D eigenvalue weighted by Gasteiger charge is -2.11. The highest BCUT2D eigenvalue weighted by atomic mass is 16.7. The van der Waals surface area contributed by atoms with Gasteiger partial charge in [-0.2, -0.15) is 0 Å². The summed E-state index contributed by atoms with van der Waals surface area (Å²) in [5.41, 5.74) is 3.24. The van der Waals surface area contributed by atoms with Gasteiger partial charge in [0, 0.05) is 24.8 Å². The number of fused-ring (bicyclic) bond motifs is 2. The van der Waals surface area contributed by atoms with Gasteiger partial charge in [-0.3, -0.25) is 9.59 Å². The molecule has 0 bridgehead atoms. The number of amides is 2. The predicted octanol–water partition coefficient (Wildman–Crippen LogP) is 1.86. The van der Waals surface area contributed by atoms with E-state index in [2.05, 4.69) is 5.32 Å². The molecule has 122 valence electrons. The van der Waals surface area contributed by atoms with E-state index >= 15 is 0 Å². The number of carbonyl (C=O) groups excluding carboxylic acids is 2. The second-order valence-corrected chi connectivity index (χ2v) is 5.84. The van der Waals surface area contributed by atoms with E-state index < -0.39 is 0 Å². The first-order chi connectivity index (χ1) is 11.6. The molecule has 2 aromatic carbocycles. The molecule has 0 spiro atoms. The quantitative estimate of drug-likeness (QED) is 0.936. The van der Waals surface area contributed by atoms with E-state index in [0.717, 1.165) is 22.6 Å². The maximum absolute atomic E-state index is 12.3. The van der Waals surface area contributed by atoms with Gasteiger partial charge < -0.3 is 19.7 Å². The smallest absolute Gasteiger partial charge is 0.251 e. The number of benzene rings is 2. The lowest BCUT2D eigenvalue weighted by Crippen LogP contribution is -2.23. The maximum Gasteiger partial charge on any atom is 0.251 e. The van der Waals surface area contributed by atoms with Crippen molar-refractivity contribution < 1.29 is 19.1 Å². The lowest BCUT2D eigenvalue weighted by molar-refractivity contribution is -0.117. The standard InChI is InChI=1S/C18H16N2O4/c1-20-14-4-3-12(7-13(14)8-17(20)21)18(22)19-9-11-2-5-15-16(6-11)24-10-23-15/h2-7H,8-10H2,1H3,(H,19,22). The van der Waals surface area contributed by atoms with Crippen molar-refractivity contribution in [3.8, 4) is 11.5 Å². The molecule has 0 atom stereocenters. The highest BCUT2D eigenvalue weighted by Gasteiger charge is 2.24. The first-order valence-corrected chi connectivity index (χ1v) is 7.68. The van der Waals surface area contributed by atoms with Crippen LogP contribution in [0.4, 0.5) is 5.69 Å². The summed E-state index contributed by atoms with van der Waals surface area (Å²) in [7, 11) is 1.74. The molecule has 0 unspecified atom stereocenters. The SMILES string of the molecule is CN1C(=O)Cc2cc(C(=O)NCc3ccc4c(c3)OCO4)ccc21.